The number of hydrogen-bond acceptors (Lipinski definition) is 2. The average Bonchev–Trinajstić information content (AvgIpc) is 3.88. The minimum atomic E-state index is 0.824. The zero-order valence-corrected chi connectivity index (χ0v) is 32.4. The third-order valence-electron chi connectivity index (χ3n) is 12.6. The Bertz CT molecular complexity index is 3820. The standard InChI is InChI=1S/C58H34O2/c1-3-18-41-35(13-1)15-12-25-42(41)38-16-11-17-40(33-38)54-47-23-7-5-21-45(47)53(46-22-6-8-24-48(46)54)36-27-29-37(30-28-36)55-43-19-4-2-14-39(43)34-50-56-52(60-58(50)55)32-31-49-44-20-9-10-26-51(44)59-57(49)56/h1-34H. The van der Waals surface area contributed by atoms with E-state index in [1.165, 1.54) is 65.7 Å². The molecule has 0 unspecified atom stereocenters. The normalized spacial score (nSPS) is 12.0. The lowest BCUT2D eigenvalue weighted by Gasteiger charge is -2.18. The summed E-state index contributed by atoms with van der Waals surface area (Å²) in [7, 11) is 0. The van der Waals surface area contributed by atoms with E-state index in [4.69, 9.17) is 8.83 Å². The molecule has 0 saturated heterocycles. The van der Waals surface area contributed by atoms with Crippen molar-refractivity contribution in [3.63, 3.8) is 0 Å². The van der Waals surface area contributed by atoms with Crippen LogP contribution in [0.5, 0.6) is 0 Å². The fourth-order valence-corrected chi connectivity index (χ4v) is 10.0. The van der Waals surface area contributed by atoms with Gasteiger partial charge in [-0.1, -0.05) is 176 Å². The molecule has 0 spiro atoms. The minimum absolute atomic E-state index is 0.824. The van der Waals surface area contributed by atoms with Gasteiger partial charge in [-0.05, 0) is 112 Å². The minimum Gasteiger partial charge on any atom is -0.455 e. The second-order valence-corrected chi connectivity index (χ2v) is 15.9. The molecule has 2 heterocycles. The molecule has 0 saturated carbocycles. The second-order valence-electron chi connectivity index (χ2n) is 15.9. The maximum absolute atomic E-state index is 6.83. The van der Waals surface area contributed by atoms with E-state index in [0.717, 1.165) is 65.8 Å². The van der Waals surface area contributed by atoms with Crippen LogP contribution in [0.15, 0.2) is 215 Å². The summed E-state index contributed by atoms with van der Waals surface area (Å²) in [6.45, 7) is 0. The largest absolute Gasteiger partial charge is 0.455 e. The Kier molecular flexibility index (Phi) is 7.05. The maximum atomic E-state index is 6.83. The van der Waals surface area contributed by atoms with Crippen LogP contribution in [0.3, 0.4) is 0 Å². The van der Waals surface area contributed by atoms with Crippen molar-refractivity contribution in [2.24, 2.45) is 0 Å². The van der Waals surface area contributed by atoms with Gasteiger partial charge in [0, 0.05) is 21.7 Å². The summed E-state index contributed by atoms with van der Waals surface area (Å²) >= 11 is 0. The van der Waals surface area contributed by atoms with Crippen LogP contribution in [-0.4, -0.2) is 0 Å². The van der Waals surface area contributed by atoms with Crippen LogP contribution in [0.1, 0.15) is 0 Å². The van der Waals surface area contributed by atoms with Gasteiger partial charge < -0.3 is 8.83 Å². The van der Waals surface area contributed by atoms with E-state index in [0.29, 0.717) is 0 Å². The van der Waals surface area contributed by atoms with E-state index < -0.39 is 0 Å². The summed E-state index contributed by atoms with van der Waals surface area (Å²) in [5.74, 6) is 0. The van der Waals surface area contributed by atoms with Gasteiger partial charge in [-0.2, -0.15) is 0 Å². The fraction of sp³-hybridized carbons (Fsp3) is 0. The molecule has 11 aromatic carbocycles. The van der Waals surface area contributed by atoms with Crippen LogP contribution >= 0.6 is 0 Å². The molecular weight excluding hydrogens is 729 g/mol. The molecule has 0 radical (unpaired) electrons. The van der Waals surface area contributed by atoms with Gasteiger partial charge in [0.2, 0.25) is 0 Å². The smallest absolute Gasteiger partial charge is 0.147 e. The molecule has 2 heteroatoms. The molecule has 0 atom stereocenters. The summed E-state index contributed by atoms with van der Waals surface area (Å²) in [6, 6.07) is 74.6. The molecule has 0 aliphatic carbocycles. The highest BCUT2D eigenvalue weighted by molar-refractivity contribution is 6.27. The fourth-order valence-electron chi connectivity index (χ4n) is 10.0. The van der Waals surface area contributed by atoms with E-state index in [1.54, 1.807) is 0 Å². The van der Waals surface area contributed by atoms with E-state index in [-0.39, 0.29) is 0 Å². The van der Waals surface area contributed by atoms with Crippen LogP contribution in [0, 0.1) is 0 Å². The van der Waals surface area contributed by atoms with Crippen molar-refractivity contribution in [2.45, 2.75) is 0 Å². The third-order valence-corrected chi connectivity index (χ3v) is 12.6. The monoisotopic (exact) mass is 762 g/mol. The van der Waals surface area contributed by atoms with Gasteiger partial charge in [0.15, 0.2) is 0 Å². The zero-order valence-electron chi connectivity index (χ0n) is 32.4. The van der Waals surface area contributed by atoms with Gasteiger partial charge in [-0.15, -0.1) is 0 Å². The zero-order chi connectivity index (χ0) is 39.3. The van der Waals surface area contributed by atoms with Crippen molar-refractivity contribution >= 4 is 87.0 Å². The number of hydrogen-bond donors (Lipinski definition) is 0. The Labute approximate surface area is 345 Å². The van der Waals surface area contributed by atoms with Crippen molar-refractivity contribution in [1.82, 2.24) is 0 Å². The molecule has 0 amide bonds. The van der Waals surface area contributed by atoms with Gasteiger partial charge >= 0.3 is 0 Å². The molecular formula is C58H34O2. The summed E-state index contributed by atoms with van der Waals surface area (Å²) in [5, 5.41) is 14.1. The lowest BCUT2D eigenvalue weighted by atomic mass is 9.85. The molecule has 2 aromatic heterocycles. The Hall–Kier alpha value is -7.94. The van der Waals surface area contributed by atoms with Crippen molar-refractivity contribution in [3.8, 4) is 44.5 Å². The highest BCUT2D eigenvalue weighted by Crippen LogP contribution is 2.47. The first kappa shape index (κ1) is 33.1. The number of rotatable bonds is 4. The summed E-state index contributed by atoms with van der Waals surface area (Å²) in [4.78, 5) is 0. The van der Waals surface area contributed by atoms with Gasteiger partial charge in [0.25, 0.3) is 0 Å². The van der Waals surface area contributed by atoms with E-state index >= 15 is 0 Å². The Morgan fingerprint density at radius 3 is 1.52 bits per heavy atom. The van der Waals surface area contributed by atoms with Crippen LogP contribution in [-0.2, 0) is 0 Å². The lowest BCUT2D eigenvalue weighted by molar-refractivity contribution is 0.663. The van der Waals surface area contributed by atoms with Crippen molar-refractivity contribution in [3.05, 3.63) is 206 Å². The van der Waals surface area contributed by atoms with Crippen molar-refractivity contribution in [2.75, 3.05) is 0 Å². The first-order valence-electron chi connectivity index (χ1n) is 20.6. The second kappa shape index (κ2) is 12.8. The molecule has 0 bridgehead atoms. The van der Waals surface area contributed by atoms with Crippen LogP contribution in [0.4, 0.5) is 0 Å². The van der Waals surface area contributed by atoms with Crippen molar-refractivity contribution in [1.29, 1.82) is 0 Å². The number of furan rings is 2. The van der Waals surface area contributed by atoms with Crippen LogP contribution in [0.2, 0.25) is 0 Å². The van der Waals surface area contributed by atoms with Crippen molar-refractivity contribution < 1.29 is 8.83 Å². The highest BCUT2D eigenvalue weighted by Gasteiger charge is 2.22. The van der Waals surface area contributed by atoms with E-state index in [1.807, 2.05) is 12.1 Å². The number of benzene rings is 11. The van der Waals surface area contributed by atoms with Gasteiger partial charge in [0.1, 0.15) is 22.3 Å². The van der Waals surface area contributed by atoms with Gasteiger partial charge in [-0.3, -0.25) is 0 Å². The topological polar surface area (TPSA) is 26.3 Å². The number of fused-ring (bicyclic) bond motifs is 11. The molecule has 278 valence electrons. The van der Waals surface area contributed by atoms with E-state index in [2.05, 4.69) is 194 Å². The Balaban J connectivity index is 1.000. The Morgan fingerprint density at radius 1 is 0.250 bits per heavy atom. The van der Waals surface area contributed by atoms with Gasteiger partial charge in [-0.25, -0.2) is 0 Å². The highest BCUT2D eigenvalue weighted by atomic mass is 16.3. The van der Waals surface area contributed by atoms with E-state index in [9.17, 15) is 0 Å². The predicted molar refractivity (Wildman–Crippen MR) is 253 cm³/mol. The molecule has 0 aliphatic heterocycles. The predicted octanol–water partition coefficient (Wildman–Crippen LogP) is 16.8. The van der Waals surface area contributed by atoms with Gasteiger partial charge in [0.05, 0.1) is 5.39 Å². The first-order valence-corrected chi connectivity index (χ1v) is 20.6. The van der Waals surface area contributed by atoms with Crippen LogP contribution in [0.25, 0.3) is 131 Å². The number of para-hydroxylation sites is 1. The summed E-state index contributed by atoms with van der Waals surface area (Å²) < 4.78 is 13.4. The Morgan fingerprint density at radius 2 is 0.783 bits per heavy atom. The molecule has 2 nitrogen and oxygen atoms in total. The molecule has 0 fully saturated rings. The molecule has 13 rings (SSSR count). The SMILES string of the molecule is c1cc(-c2cccc3ccccc23)cc(-c2c3ccccc3c(-c3ccc(-c4c5ccccc5cc5c4oc4ccc6c7ccccc7oc6c45)cc3)c3ccccc23)c1. The molecule has 13 aromatic rings. The summed E-state index contributed by atoms with van der Waals surface area (Å²) in [5.41, 5.74) is 13.0. The molecule has 0 N–H and O–H groups in total. The van der Waals surface area contributed by atoms with Crippen LogP contribution < -0.4 is 0 Å². The molecule has 0 aliphatic rings. The average molecular weight is 763 g/mol. The maximum Gasteiger partial charge on any atom is 0.147 e. The molecule has 60 heavy (non-hydrogen) atoms. The summed E-state index contributed by atoms with van der Waals surface area (Å²) in [6.07, 6.45) is 0. The lowest BCUT2D eigenvalue weighted by Crippen LogP contribution is -1.91. The quantitative estimate of drug-likeness (QED) is 0.167. The first-order chi connectivity index (χ1) is 29.8. The third kappa shape index (κ3) is 4.82.